The van der Waals surface area contributed by atoms with Crippen LogP contribution < -0.4 is 9.47 Å². The number of halogens is 1. The van der Waals surface area contributed by atoms with Gasteiger partial charge in [0, 0.05) is 18.1 Å². The molecule has 0 saturated heterocycles. The van der Waals surface area contributed by atoms with Gasteiger partial charge in [-0.2, -0.15) is 0 Å². The van der Waals surface area contributed by atoms with E-state index in [4.69, 9.17) is 21.1 Å². The Kier molecular flexibility index (Phi) is 4.82. The maximum absolute atomic E-state index is 12.5. The van der Waals surface area contributed by atoms with Crippen LogP contribution in [-0.2, 0) is 0 Å². The molecule has 0 aromatic heterocycles. The van der Waals surface area contributed by atoms with E-state index in [2.05, 4.69) is 27.7 Å². The van der Waals surface area contributed by atoms with Crippen LogP contribution in [0, 0.1) is 11.3 Å². The smallest absolute Gasteiger partial charge is 0.164 e. The van der Waals surface area contributed by atoms with Crippen molar-refractivity contribution < 1.29 is 14.3 Å². The molecule has 116 valence electrons. The molecule has 1 heterocycles. The van der Waals surface area contributed by atoms with Crippen LogP contribution in [0.5, 0.6) is 11.5 Å². The Balaban J connectivity index is 2.12. The highest BCUT2D eigenvalue weighted by atomic mass is 35.5. The monoisotopic (exact) mass is 310 g/mol. The van der Waals surface area contributed by atoms with Gasteiger partial charge < -0.3 is 9.47 Å². The Bertz CT molecular complexity index is 532. The maximum Gasteiger partial charge on any atom is 0.164 e. The third-order valence-corrected chi connectivity index (χ3v) is 3.74. The van der Waals surface area contributed by atoms with Gasteiger partial charge in [0.05, 0.1) is 5.02 Å². The fourth-order valence-electron chi connectivity index (χ4n) is 2.82. The number of ether oxygens (including phenoxy) is 2. The van der Waals surface area contributed by atoms with E-state index in [0.717, 1.165) is 6.42 Å². The van der Waals surface area contributed by atoms with Gasteiger partial charge in [0.15, 0.2) is 17.3 Å². The standard InChI is InChI=1S/C17H23ClO3/c1-11(10-17(2,3)4)7-14(19)12-8-15-16(9-13(12)18)21-6-5-20-15/h8-9,11H,5-7,10H2,1-4H3. The van der Waals surface area contributed by atoms with Crippen molar-refractivity contribution in [2.45, 2.75) is 40.5 Å². The summed E-state index contributed by atoms with van der Waals surface area (Å²) in [4.78, 5) is 12.5. The van der Waals surface area contributed by atoms with Crippen molar-refractivity contribution in [3.63, 3.8) is 0 Å². The van der Waals surface area contributed by atoms with E-state index < -0.39 is 0 Å². The molecule has 1 aliphatic heterocycles. The molecule has 0 bridgehead atoms. The fraction of sp³-hybridized carbons (Fsp3) is 0.588. The summed E-state index contributed by atoms with van der Waals surface area (Å²) in [5.41, 5.74) is 0.748. The molecule has 0 radical (unpaired) electrons. The van der Waals surface area contributed by atoms with Crippen molar-refractivity contribution in [3.8, 4) is 11.5 Å². The molecule has 0 saturated carbocycles. The molecule has 1 aromatic rings. The van der Waals surface area contributed by atoms with Crippen molar-refractivity contribution in [1.29, 1.82) is 0 Å². The summed E-state index contributed by atoms with van der Waals surface area (Å²) in [6.45, 7) is 9.68. The van der Waals surface area contributed by atoms with Crippen LogP contribution >= 0.6 is 11.6 Å². The summed E-state index contributed by atoms with van der Waals surface area (Å²) in [7, 11) is 0. The van der Waals surface area contributed by atoms with Crippen molar-refractivity contribution in [1.82, 2.24) is 0 Å². The van der Waals surface area contributed by atoms with Crippen molar-refractivity contribution in [2.75, 3.05) is 13.2 Å². The van der Waals surface area contributed by atoms with Crippen LogP contribution in [0.1, 0.15) is 50.9 Å². The number of Topliss-reactive ketones (excluding diaryl/α,β-unsaturated/α-hetero) is 1. The molecule has 0 fully saturated rings. The summed E-state index contributed by atoms with van der Waals surface area (Å²) < 4.78 is 11.0. The van der Waals surface area contributed by atoms with Gasteiger partial charge in [-0.25, -0.2) is 0 Å². The Morgan fingerprint density at radius 3 is 2.38 bits per heavy atom. The Morgan fingerprint density at radius 2 is 1.81 bits per heavy atom. The summed E-state index contributed by atoms with van der Waals surface area (Å²) >= 11 is 6.22. The van der Waals surface area contributed by atoms with Gasteiger partial charge >= 0.3 is 0 Å². The molecule has 1 aromatic carbocycles. The molecule has 1 unspecified atom stereocenters. The van der Waals surface area contributed by atoms with Crippen LogP contribution in [0.25, 0.3) is 0 Å². The largest absolute Gasteiger partial charge is 0.486 e. The molecule has 4 heteroatoms. The Labute approximate surface area is 131 Å². The molecule has 0 spiro atoms. The number of carbonyl (C=O) groups excluding carboxylic acids is 1. The third-order valence-electron chi connectivity index (χ3n) is 3.43. The van der Waals surface area contributed by atoms with E-state index in [1.165, 1.54) is 0 Å². The highest BCUT2D eigenvalue weighted by Crippen LogP contribution is 2.36. The van der Waals surface area contributed by atoms with Crippen molar-refractivity contribution in [2.24, 2.45) is 11.3 Å². The lowest BCUT2D eigenvalue weighted by Crippen LogP contribution is -2.17. The molecule has 0 N–H and O–H groups in total. The number of benzene rings is 1. The normalized spacial score (nSPS) is 15.7. The Hall–Kier alpha value is -1.22. The topological polar surface area (TPSA) is 35.5 Å². The van der Waals surface area contributed by atoms with Crippen LogP contribution in [0.15, 0.2) is 12.1 Å². The van der Waals surface area contributed by atoms with Crippen molar-refractivity contribution in [3.05, 3.63) is 22.7 Å². The van der Waals surface area contributed by atoms with E-state index in [0.29, 0.717) is 47.6 Å². The van der Waals surface area contributed by atoms with E-state index in [1.807, 2.05) is 0 Å². The summed E-state index contributed by atoms with van der Waals surface area (Å²) in [5, 5.41) is 0.437. The molecular formula is C17H23ClO3. The van der Waals surface area contributed by atoms with E-state index in [1.54, 1.807) is 12.1 Å². The van der Waals surface area contributed by atoms with Crippen LogP contribution in [0.4, 0.5) is 0 Å². The quantitative estimate of drug-likeness (QED) is 0.752. The third kappa shape index (κ3) is 4.37. The summed E-state index contributed by atoms with van der Waals surface area (Å²) in [5.74, 6) is 1.61. The molecule has 1 aliphatic rings. The zero-order valence-corrected chi connectivity index (χ0v) is 13.9. The van der Waals surface area contributed by atoms with Gasteiger partial charge in [0.1, 0.15) is 13.2 Å². The lowest BCUT2D eigenvalue weighted by atomic mass is 9.83. The predicted molar refractivity (Wildman–Crippen MR) is 84.6 cm³/mol. The number of rotatable bonds is 4. The first-order chi connectivity index (χ1) is 9.76. The zero-order valence-electron chi connectivity index (χ0n) is 13.2. The molecule has 0 amide bonds. The van der Waals surface area contributed by atoms with E-state index in [9.17, 15) is 4.79 Å². The van der Waals surface area contributed by atoms with Crippen LogP contribution in [0.3, 0.4) is 0 Å². The van der Waals surface area contributed by atoms with Crippen molar-refractivity contribution >= 4 is 17.4 Å². The van der Waals surface area contributed by atoms with E-state index in [-0.39, 0.29) is 11.2 Å². The highest BCUT2D eigenvalue weighted by Gasteiger charge is 2.22. The first-order valence-corrected chi connectivity index (χ1v) is 7.76. The summed E-state index contributed by atoms with van der Waals surface area (Å²) in [6.07, 6.45) is 1.50. The first-order valence-electron chi connectivity index (χ1n) is 7.38. The number of hydrogen-bond donors (Lipinski definition) is 0. The van der Waals surface area contributed by atoms with Gasteiger partial charge in [-0.05, 0) is 23.8 Å². The average Bonchev–Trinajstić information content (AvgIpc) is 2.35. The highest BCUT2D eigenvalue weighted by molar-refractivity contribution is 6.34. The van der Waals surface area contributed by atoms with Gasteiger partial charge in [0.25, 0.3) is 0 Å². The molecule has 2 rings (SSSR count). The molecule has 1 atom stereocenters. The molecule has 3 nitrogen and oxygen atoms in total. The fourth-order valence-corrected chi connectivity index (χ4v) is 3.08. The first kappa shape index (κ1) is 16.2. The lowest BCUT2D eigenvalue weighted by molar-refractivity contribution is 0.0953. The second-order valence-corrected chi connectivity index (χ2v) is 7.38. The average molecular weight is 311 g/mol. The lowest BCUT2D eigenvalue weighted by Gasteiger charge is -2.23. The van der Waals surface area contributed by atoms with Gasteiger partial charge in [-0.3, -0.25) is 4.79 Å². The SMILES string of the molecule is CC(CC(=O)c1cc2c(cc1Cl)OCCO2)CC(C)(C)C. The summed E-state index contributed by atoms with van der Waals surface area (Å²) in [6, 6.07) is 3.39. The minimum absolute atomic E-state index is 0.0636. The molecule has 0 aliphatic carbocycles. The van der Waals surface area contributed by atoms with E-state index >= 15 is 0 Å². The second kappa shape index (κ2) is 6.27. The van der Waals surface area contributed by atoms with Crippen LogP contribution in [0.2, 0.25) is 5.02 Å². The minimum Gasteiger partial charge on any atom is -0.486 e. The number of hydrogen-bond acceptors (Lipinski definition) is 3. The minimum atomic E-state index is 0.0636. The van der Waals surface area contributed by atoms with Gasteiger partial charge in [-0.1, -0.05) is 39.3 Å². The number of ketones is 1. The number of carbonyl (C=O) groups is 1. The molecule has 21 heavy (non-hydrogen) atoms. The van der Waals surface area contributed by atoms with Gasteiger partial charge in [-0.15, -0.1) is 0 Å². The second-order valence-electron chi connectivity index (χ2n) is 6.97. The zero-order chi connectivity index (χ0) is 15.6. The predicted octanol–water partition coefficient (Wildman–Crippen LogP) is 4.76. The van der Waals surface area contributed by atoms with Gasteiger partial charge in [0.2, 0.25) is 0 Å². The Morgan fingerprint density at radius 1 is 1.24 bits per heavy atom. The molecular weight excluding hydrogens is 288 g/mol. The van der Waals surface area contributed by atoms with Crippen LogP contribution in [-0.4, -0.2) is 19.0 Å². The maximum atomic E-state index is 12.5. The number of fused-ring (bicyclic) bond motifs is 1.